The maximum absolute atomic E-state index is 4.74. The Bertz CT molecular complexity index is 491. The highest BCUT2D eigenvalue weighted by atomic mass is 15.3. The molecule has 1 aliphatic rings. The Labute approximate surface area is 145 Å². The van der Waals surface area contributed by atoms with Crippen molar-refractivity contribution >= 4 is 5.96 Å². The second-order valence-electron chi connectivity index (χ2n) is 6.55. The highest BCUT2D eigenvalue weighted by Gasteiger charge is 2.14. The maximum Gasteiger partial charge on any atom is 0.191 e. The lowest BCUT2D eigenvalue weighted by atomic mass is 10.2. The van der Waals surface area contributed by atoms with Crippen LogP contribution in [0.2, 0.25) is 0 Å². The zero-order valence-electron chi connectivity index (χ0n) is 15.5. The molecule has 1 aromatic heterocycles. The minimum Gasteiger partial charge on any atom is -0.357 e. The van der Waals surface area contributed by atoms with Crippen LogP contribution in [0, 0.1) is 5.92 Å². The minimum atomic E-state index is 0.586. The Balaban J connectivity index is 1.75. The molecule has 0 aliphatic carbocycles. The maximum atomic E-state index is 4.74. The van der Waals surface area contributed by atoms with Crippen LogP contribution in [0.3, 0.4) is 0 Å². The molecule has 2 N–H and O–H groups in total. The molecule has 0 spiro atoms. The summed E-state index contributed by atoms with van der Waals surface area (Å²) in [4.78, 5) is 7.30. The van der Waals surface area contributed by atoms with Crippen molar-refractivity contribution in [3.8, 4) is 0 Å². The van der Waals surface area contributed by atoms with E-state index < -0.39 is 0 Å². The first kappa shape index (κ1) is 18.7. The van der Waals surface area contributed by atoms with Gasteiger partial charge in [-0.05, 0) is 38.8 Å². The summed E-state index contributed by atoms with van der Waals surface area (Å²) >= 11 is 0. The van der Waals surface area contributed by atoms with Gasteiger partial charge < -0.3 is 20.1 Å². The molecule has 1 saturated heterocycles. The number of guanidine groups is 1. The summed E-state index contributed by atoms with van der Waals surface area (Å²) in [5.74, 6) is 2.51. The molecule has 7 heteroatoms. The first-order chi connectivity index (χ1) is 11.7. The van der Waals surface area contributed by atoms with Crippen molar-refractivity contribution in [3.05, 3.63) is 12.2 Å². The van der Waals surface area contributed by atoms with Gasteiger partial charge in [-0.25, -0.2) is 0 Å². The van der Waals surface area contributed by atoms with E-state index >= 15 is 0 Å². The fraction of sp³-hybridized carbons (Fsp3) is 0.824. The number of rotatable bonds is 9. The largest absolute Gasteiger partial charge is 0.357 e. The van der Waals surface area contributed by atoms with Gasteiger partial charge >= 0.3 is 0 Å². The Hall–Kier alpha value is -1.63. The number of likely N-dealkylation sites (tertiary alicyclic amines) is 1. The van der Waals surface area contributed by atoms with Crippen molar-refractivity contribution < 1.29 is 0 Å². The molecule has 0 amide bonds. The van der Waals surface area contributed by atoms with E-state index in [0.717, 1.165) is 50.9 Å². The quantitative estimate of drug-likeness (QED) is 0.523. The van der Waals surface area contributed by atoms with Crippen LogP contribution in [0.25, 0.3) is 0 Å². The van der Waals surface area contributed by atoms with Gasteiger partial charge in [-0.2, -0.15) is 0 Å². The second-order valence-corrected chi connectivity index (χ2v) is 6.55. The van der Waals surface area contributed by atoms with Gasteiger partial charge in [0.1, 0.15) is 12.2 Å². The average Bonchev–Trinajstić information content (AvgIpc) is 3.24. The molecule has 1 fully saturated rings. The molecule has 0 saturated carbocycles. The normalized spacial score (nSPS) is 17.2. The summed E-state index contributed by atoms with van der Waals surface area (Å²) in [5, 5.41) is 14.8. The van der Waals surface area contributed by atoms with Gasteiger partial charge in [0, 0.05) is 39.1 Å². The van der Waals surface area contributed by atoms with Crippen molar-refractivity contribution in [1.82, 2.24) is 30.3 Å². The number of nitrogens with zero attached hydrogens (tertiary/aromatic N) is 5. The molecule has 1 aliphatic heterocycles. The van der Waals surface area contributed by atoms with E-state index in [1.807, 2.05) is 0 Å². The molecule has 0 radical (unpaired) electrons. The first-order valence-corrected chi connectivity index (χ1v) is 9.34. The number of aromatic nitrogens is 3. The lowest BCUT2D eigenvalue weighted by Crippen LogP contribution is -2.39. The highest BCUT2D eigenvalue weighted by Crippen LogP contribution is 2.10. The molecule has 0 aromatic carbocycles. The van der Waals surface area contributed by atoms with Crippen LogP contribution >= 0.6 is 0 Å². The van der Waals surface area contributed by atoms with Crippen molar-refractivity contribution in [2.45, 2.75) is 46.6 Å². The molecular formula is C17H33N7. The molecule has 0 bridgehead atoms. The number of aliphatic imine (C=N–C) groups is 1. The third kappa shape index (κ3) is 6.11. The van der Waals surface area contributed by atoms with Gasteiger partial charge in [-0.1, -0.05) is 13.8 Å². The van der Waals surface area contributed by atoms with Crippen LogP contribution in [-0.2, 0) is 13.0 Å². The summed E-state index contributed by atoms with van der Waals surface area (Å²) in [6.07, 6.45) is 5.40. The Morgan fingerprint density at radius 2 is 2.08 bits per heavy atom. The smallest absolute Gasteiger partial charge is 0.191 e. The molecule has 1 atom stereocenters. The van der Waals surface area contributed by atoms with Gasteiger partial charge in [0.2, 0.25) is 0 Å². The summed E-state index contributed by atoms with van der Waals surface area (Å²) < 4.78 is 2.09. The molecule has 24 heavy (non-hydrogen) atoms. The molecule has 2 heterocycles. The Kier molecular flexibility index (Phi) is 8.01. The molecule has 1 unspecified atom stereocenters. The molecular weight excluding hydrogens is 302 g/mol. The van der Waals surface area contributed by atoms with E-state index in [4.69, 9.17) is 4.99 Å². The fourth-order valence-electron chi connectivity index (χ4n) is 3.09. The van der Waals surface area contributed by atoms with Crippen LogP contribution < -0.4 is 10.6 Å². The predicted octanol–water partition coefficient (Wildman–Crippen LogP) is 1.13. The van der Waals surface area contributed by atoms with Crippen molar-refractivity contribution in [2.75, 3.05) is 39.3 Å². The third-order valence-corrected chi connectivity index (χ3v) is 4.33. The molecule has 2 rings (SSSR count). The minimum absolute atomic E-state index is 0.586. The van der Waals surface area contributed by atoms with Crippen molar-refractivity contribution in [2.24, 2.45) is 10.9 Å². The standard InChI is InChI=1S/C17H33N7/c1-4-16-22-21-14-24(16)11-8-19-17(18-5-2)20-12-15(3)13-23-9-6-7-10-23/h14-15H,4-13H2,1-3H3,(H2,18,19,20). The lowest BCUT2D eigenvalue weighted by Gasteiger charge is -2.19. The number of nitrogens with one attached hydrogen (secondary N) is 2. The van der Waals surface area contributed by atoms with Crippen molar-refractivity contribution in [1.29, 1.82) is 0 Å². The summed E-state index contributed by atoms with van der Waals surface area (Å²) in [7, 11) is 0. The second kappa shape index (κ2) is 10.3. The van der Waals surface area contributed by atoms with Gasteiger partial charge in [0.25, 0.3) is 0 Å². The van der Waals surface area contributed by atoms with E-state index in [9.17, 15) is 0 Å². The molecule has 1 aromatic rings. The average molecular weight is 336 g/mol. The zero-order chi connectivity index (χ0) is 17.2. The lowest BCUT2D eigenvalue weighted by molar-refractivity contribution is 0.291. The van der Waals surface area contributed by atoms with E-state index in [1.165, 1.54) is 25.9 Å². The Morgan fingerprint density at radius 3 is 2.79 bits per heavy atom. The fourth-order valence-corrected chi connectivity index (χ4v) is 3.09. The van der Waals surface area contributed by atoms with E-state index in [2.05, 4.69) is 51.1 Å². The van der Waals surface area contributed by atoms with E-state index in [1.54, 1.807) is 6.33 Å². The van der Waals surface area contributed by atoms with Gasteiger partial charge in [0.05, 0.1) is 0 Å². The van der Waals surface area contributed by atoms with Crippen molar-refractivity contribution in [3.63, 3.8) is 0 Å². The van der Waals surface area contributed by atoms with Crippen LogP contribution in [0.4, 0.5) is 0 Å². The Morgan fingerprint density at radius 1 is 1.29 bits per heavy atom. The van der Waals surface area contributed by atoms with E-state index in [0.29, 0.717) is 5.92 Å². The number of aryl methyl sites for hydroxylation is 1. The number of hydrogen-bond donors (Lipinski definition) is 2. The van der Waals surface area contributed by atoms with Crippen LogP contribution in [0.5, 0.6) is 0 Å². The SMILES string of the molecule is CCNC(=NCC(C)CN1CCCC1)NCCn1cnnc1CC. The monoisotopic (exact) mass is 335 g/mol. The zero-order valence-corrected chi connectivity index (χ0v) is 15.5. The topological polar surface area (TPSA) is 70.4 Å². The van der Waals surface area contributed by atoms with Crippen LogP contribution in [0.15, 0.2) is 11.3 Å². The summed E-state index contributed by atoms with van der Waals surface area (Å²) in [6.45, 7) is 13.6. The van der Waals surface area contributed by atoms with Gasteiger partial charge in [-0.15, -0.1) is 10.2 Å². The van der Waals surface area contributed by atoms with Gasteiger partial charge in [-0.3, -0.25) is 4.99 Å². The van der Waals surface area contributed by atoms with Crippen LogP contribution in [-0.4, -0.2) is 64.9 Å². The van der Waals surface area contributed by atoms with Gasteiger partial charge in [0.15, 0.2) is 5.96 Å². The highest BCUT2D eigenvalue weighted by molar-refractivity contribution is 5.79. The van der Waals surface area contributed by atoms with E-state index in [-0.39, 0.29) is 0 Å². The number of hydrogen-bond acceptors (Lipinski definition) is 4. The summed E-state index contributed by atoms with van der Waals surface area (Å²) in [6, 6.07) is 0. The predicted molar refractivity (Wildman–Crippen MR) is 98.2 cm³/mol. The third-order valence-electron chi connectivity index (χ3n) is 4.33. The van der Waals surface area contributed by atoms with Crippen LogP contribution in [0.1, 0.15) is 39.4 Å². The summed E-state index contributed by atoms with van der Waals surface area (Å²) in [5.41, 5.74) is 0. The molecule has 136 valence electrons. The molecule has 7 nitrogen and oxygen atoms in total. The first-order valence-electron chi connectivity index (χ1n) is 9.34.